The minimum absolute atomic E-state index is 0.0562. The first-order chi connectivity index (χ1) is 24.5. The van der Waals surface area contributed by atoms with Crippen molar-refractivity contribution < 1.29 is 48.0 Å². The predicted octanol–water partition coefficient (Wildman–Crippen LogP) is 3.54. The molecule has 0 aromatic heterocycles. The van der Waals surface area contributed by atoms with E-state index in [4.69, 9.17) is 41.0 Å². The number of hydrogen-bond acceptors (Lipinski definition) is 11. The summed E-state index contributed by atoms with van der Waals surface area (Å²) in [5, 5.41) is 14.4. The largest absolute Gasteiger partial charge is 0.495 e. The Labute approximate surface area is 311 Å². The van der Waals surface area contributed by atoms with Crippen molar-refractivity contribution in [1.82, 2.24) is 10.2 Å². The summed E-state index contributed by atoms with van der Waals surface area (Å²) in [6.07, 6.45) is 0.561. The second-order valence-corrected chi connectivity index (χ2v) is 14.1. The third-order valence-corrected chi connectivity index (χ3v) is 10.3. The highest BCUT2D eigenvalue weighted by Crippen LogP contribution is 2.48. The second kappa shape index (κ2) is 18.9. The number of halogens is 1. The number of nitrogens with zero attached hydrogens (tertiary/aromatic N) is 2. The van der Waals surface area contributed by atoms with E-state index in [1.807, 2.05) is 13.0 Å². The molecule has 2 bridgehead atoms. The van der Waals surface area contributed by atoms with E-state index < -0.39 is 66.1 Å². The van der Waals surface area contributed by atoms with Crippen LogP contribution in [0.5, 0.6) is 5.75 Å². The molecule has 3 rings (SSSR count). The molecule has 1 aromatic carbocycles. The number of amides is 3. The summed E-state index contributed by atoms with van der Waals surface area (Å²) in [5.41, 5.74) is 6.36. The number of primary amides is 1. The first kappa shape index (κ1) is 42.7. The molecule has 0 radical (unpaired) electrons. The first-order valence-electron chi connectivity index (χ1n) is 17.4. The Morgan fingerprint density at radius 2 is 1.94 bits per heavy atom. The number of rotatable bonds is 10. The summed E-state index contributed by atoms with van der Waals surface area (Å²) in [6, 6.07) is 2.61. The molecule has 0 saturated carbocycles. The van der Waals surface area contributed by atoms with Gasteiger partial charge in [-0.15, -0.1) is 0 Å². The number of hydrogen-bond donors (Lipinski definition) is 3. The lowest BCUT2D eigenvalue weighted by Gasteiger charge is -2.30. The molecule has 1 fully saturated rings. The molecule has 2 heterocycles. The number of benzene rings is 1. The van der Waals surface area contributed by atoms with Crippen LogP contribution in [0.1, 0.15) is 58.9 Å². The van der Waals surface area contributed by atoms with Crippen molar-refractivity contribution in [2.45, 2.75) is 102 Å². The highest BCUT2D eigenvalue weighted by atomic mass is 35.5. The molecule has 1 aromatic rings. The molecule has 3 amide bonds. The van der Waals surface area contributed by atoms with E-state index in [2.05, 4.69) is 5.32 Å². The van der Waals surface area contributed by atoms with E-state index in [1.54, 1.807) is 59.2 Å². The van der Waals surface area contributed by atoms with E-state index in [0.29, 0.717) is 30.8 Å². The fourth-order valence-corrected chi connectivity index (χ4v) is 6.73. The maximum Gasteiger partial charge on any atom is 0.404 e. The van der Waals surface area contributed by atoms with Crippen LogP contribution < -0.4 is 20.7 Å². The number of carbonyl (C=O) groups excluding carboxylic acids is 4. The normalized spacial score (nSPS) is 29.2. The quantitative estimate of drug-likeness (QED) is 0.181. The average Bonchev–Trinajstić information content (AvgIpc) is 3.80. The van der Waals surface area contributed by atoms with Crippen LogP contribution >= 0.6 is 11.6 Å². The van der Waals surface area contributed by atoms with Crippen LogP contribution in [0.2, 0.25) is 5.02 Å². The number of carbonyl (C=O) groups is 4. The number of anilines is 1. The topological polar surface area (TPSA) is 182 Å². The van der Waals surface area contributed by atoms with E-state index in [1.165, 1.54) is 31.1 Å². The van der Waals surface area contributed by atoms with Gasteiger partial charge in [-0.3, -0.25) is 9.59 Å². The summed E-state index contributed by atoms with van der Waals surface area (Å²) in [4.78, 5) is 55.3. The second-order valence-electron chi connectivity index (χ2n) is 13.7. The Balaban J connectivity index is 2.08. The molecule has 14 nitrogen and oxygen atoms in total. The Morgan fingerprint density at radius 1 is 1.25 bits per heavy atom. The molecular weight excluding hydrogens is 696 g/mol. The van der Waals surface area contributed by atoms with Gasteiger partial charge in [-0.25, -0.2) is 9.59 Å². The first-order valence-corrected chi connectivity index (χ1v) is 17.8. The van der Waals surface area contributed by atoms with Crippen molar-refractivity contribution in [1.29, 1.82) is 0 Å². The van der Waals surface area contributed by atoms with Gasteiger partial charge in [0.25, 0.3) is 0 Å². The molecule has 0 aliphatic carbocycles. The number of nitrogens with two attached hydrogens (primary N) is 1. The summed E-state index contributed by atoms with van der Waals surface area (Å²) in [6.45, 7) is 7.58. The predicted molar refractivity (Wildman–Crippen MR) is 196 cm³/mol. The Hall–Kier alpha value is -3.69. The molecule has 15 heteroatoms. The maximum atomic E-state index is 14.1. The summed E-state index contributed by atoms with van der Waals surface area (Å²) < 4.78 is 28.9. The van der Waals surface area contributed by atoms with Gasteiger partial charge in [-0.2, -0.15) is 0 Å². The van der Waals surface area contributed by atoms with Gasteiger partial charge < -0.3 is 49.6 Å². The molecule has 2 aliphatic heterocycles. The van der Waals surface area contributed by atoms with E-state index in [9.17, 15) is 24.3 Å². The number of ether oxygens (including phenoxy) is 5. The van der Waals surface area contributed by atoms with Crippen molar-refractivity contribution in [3.8, 4) is 5.75 Å². The van der Waals surface area contributed by atoms with Gasteiger partial charge in [0.1, 0.15) is 40.7 Å². The van der Waals surface area contributed by atoms with Gasteiger partial charge in [-0.1, -0.05) is 42.3 Å². The molecule has 1 unspecified atom stereocenters. The van der Waals surface area contributed by atoms with E-state index >= 15 is 0 Å². The maximum absolute atomic E-state index is 14.1. The fraction of sp³-hybridized carbons (Fsp3) is 0.622. The molecular formula is C37H55ClN4O10. The summed E-state index contributed by atoms with van der Waals surface area (Å²) in [5.74, 6) is -1.62. The number of likely N-dealkylation sites (N-methyl/N-ethyl adjacent to an activating group) is 1. The monoisotopic (exact) mass is 750 g/mol. The van der Waals surface area contributed by atoms with Crippen LogP contribution in [-0.4, -0.2) is 118 Å². The van der Waals surface area contributed by atoms with Crippen LogP contribution in [0.25, 0.3) is 0 Å². The van der Waals surface area contributed by atoms with Crippen LogP contribution in [0, 0.1) is 5.92 Å². The smallest absolute Gasteiger partial charge is 0.404 e. The number of esters is 1. The Kier molecular flexibility index (Phi) is 15.5. The Morgan fingerprint density at radius 3 is 2.56 bits per heavy atom. The molecule has 290 valence electrons. The number of nitrogens with one attached hydrogen (secondary N) is 1. The number of allylic oxidation sites excluding steroid dienone is 3. The highest BCUT2D eigenvalue weighted by molar-refractivity contribution is 6.35. The van der Waals surface area contributed by atoms with Crippen LogP contribution in [0.4, 0.5) is 10.5 Å². The van der Waals surface area contributed by atoms with Gasteiger partial charge in [-0.05, 0) is 64.9 Å². The summed E-state index contributed by atoms with van der Waals surface area (Å²) >= 11 is 6.74. The molecule has 8 atom stereocenters. The molecule has 4 N–H and O–H groups in total. The van der Waals surface area contributed by atoms with E-state index in [0.717, 1.165) is 11.1 Å². The standard InChI is InChI=1S/C37H55ClN4O10/c1-21-12-10-13-27(48-8)26(43)19-28(50-36(39)47)22(2)34-37(4,52-34)30(51-35(46)23(3)41(6)31(44)14-11-15-40-5)20-32(45)42(7)25-17-24(16-21)18-29(49-9)33(25)38/h10,12-13,17-18,22-23,26-28,30,34,40,43H,11,14-16,19-20H2,1-9H3,(H2,39,47)/b13-10+,21-12+/t22-,23+,26+,27-,28+,30+,34?,37+/m1/s1. The zero-order valence-corrected chi connectivity index (χ0v) is 32.4. The van der Waals surface area contributed by atoms with Crippen LogP contribution in [0.15, 0.2) is 35.9 Å². The van der Waals surface area contributed by atoms with Gasteiger partial charge in [0.15, 0.2) is 0 Å². The van der Waals surface area contributed by atoms with Gasteiger partial charge in [0.05, 0.1) is 31.4 Å². The van der Waals surface area contributed by atoms with Crippen molar-refractivity contribution in [3.05, 3.63) is 46.5 Å². The zero-order chi connectivity index (χ0) is 38.9. The number of methoxy groups -OCH3 is 2. The number of aliphatic hydroxyl groups is 1. The average molecular weight is 751 g/mol. The highest BCUT2D eigenvalue weighted by Gasteiger charge is 2.63. The lowest BCUT2D eigenvalue weighted by Crippen LogP contribution is -2.47. The van der Waals surface area contributed by atoms with Crippen molar-refractivity contribution in [3.63, 3.8) is 0 Å². The number of epoxide rings is 1. The molecule has 1 saturated heterocycles. The van der Waals surface area contributed by atoms with Crippen molar-refractivity contribution >= 4 is 41.2 Å². The number of fused-ring (bicyclic) bond motifs is 3. The molecule has 52 heavy (non-hydrogen) atoms. The van der Waals surface area contributed by atoms with Crippen LogP contribution in [0.3, 0.4) is 0 Å². The van der Waals surface area contributed by atoms with Gasteiger partial charge in [0.2, 0.25) is 11.8 Å². The lowest BCUT2D eigenvalue weighted by molar-refractivity contribution is -0.162. The fourth-order valence-electron chi connectivity index (χ4n) is 6.42. The summed E-state index contributed by atoms with van der Waals surface area (Å²) in [7, 11) is 7.83. The third-order valence-electron chi connectivity index (χ3n) is 9.94. The minimum Gasteiger partial charge on any atom is -0.495 e. The molecule has 2 aliphatic rings. The van der Waals surface area contributed by atoms with E-state index in [-0.39, 0.29) is 30.2 Å². The van der Waals surface area contributed by atoms with Crippen molar-refractivity contribution in [2.75, 3.05) is 46.8 Å². The van der Waals surface area contributed by atoms with Gasteiger partial charge >= 0.3 is 12.1 Å². The molecule has 0 spiro atoms. The third kappa shape index (κ3) is 10.7. The Bertz CT molecular complexity index is 1500. The minimum atomic E-state index is -1.24. The zero-order valence-electron chi connectivity index (χ0n) is 31.6. The SMILES string of the molecule is CNCCCC(=O)N(C)[C@@H](C)C(=O)O[C@H]1CC(=O)N(C)c2cc(cc(OC)c2Cl)C/C(C)=C/C=C/[C@@H](OC)[C@@H](O)C[C@H](OC(N)=O)[C@@H](C)C2O[C@]21C. The lowest BCUT2D eigenvalue weighted by atomic mass is 9.85. The van der Waals surface area contributed by atoms with Gasteiger partial charge in [0, 0.05) is 40.0 Å². The number of aliphatic hydroxyl groups excluding tert-OH is 1. The van der Waals surface area contributed by atoms with Crippen LogP contribution in [-0.2, 0) is 39.8 Å². The van der Waals surface area contributed by atoms with Crippen molar-refractivity contribution in [2.24, 2.45) is 11.7 Å².